The Morgan fingerprint density at radius 1 is 1.25 bits per heavy atom. The number of hydrogen-bond acceptors (Lipinski definition) is 4. The van der Waals surface area contributed by atoms with Gasteiger partial charge in [-0.15, -0.1) is 0 Å². The fourth-order valence-electron chi connectivity index (χ4n) is 1.35. The summed E-state index contributed by atoms with van der Waals surface area (Å²) in [4.78, 5) is 10.5. The Labute approximate surface area is 95.3 Å². The highest BCUT2D eigenvalue weighted by molar-refractivity contribution is 5.67. The lowest BCUT2D eigenvalue weighted by Crippen LogP contribution is -2.71. The van der Waals surface area contributed by atoms with Crippen LogP contribution >= 0.6 is 0 Å². The first-order valence-corrected chi connectivity index (χ1v) is 5.07. The first-order valence-electron chi connectivity index (χ1n) is 5.07. The molecule has 0 saturated carbocycles. The molecule has 4 N–H and O–H groups in total. The molecule has 0 aliphatic rings. The van der Waals surface area contributed by atoms with Crippen LogP contribution in [0.15, 0.2) is 0 Å². The predicted molar refractivity (Wildman–Crippen MR) is 57.0 cm³/mol. The van der Waals surface area contributed by atoms with Gasteiger partial charge >= 0.3 is 11.9 Å². The molecule has 0 aromatic heterocycles. The van der Waals surface area contributed by atoms with Crippen molar-refractivity contribution in [1.29, 1.82) is 0 Å². The van der Waals surface area contributed by atoms with Crippen LogP contribution in [-0.4, -0.2) is 56.6 Å². The SMILES string of the molecule is CC(CC(=O)O)C(O)(O)[N+](C)(C)C(C)(C)O. The topological polar surface area (TPSA) is 98.0 Å². The van der Waals surface area contributed by atoms with Crippen LogP contribution in [0.1, 0.15) is 27.2 Å². The summed E-state index contributed by atoms with van der Waals surface area (Å²) in [7, 11) is 2.86. The Kier molecular flexibility index (Phi) is 4.10. The summed E-state index contributed by atoms with van der Waals surface area (Å²) >= 11 is 0. The maximum atomic E-state index is 10.5. The van der Waals surface area contributed by atoms with Gasteiger partial charge in [0, 0.05) is 13.8 Å². The van der Waals surface area contributed by atoms with Crippen LogP contribution < -0.4 is 0 Å². The maximum absolute atomic E-state index is 10.5. The third-order valence-electron chi connectivity index (χ3n) is 3.33. The molecule has 6 nitrogen and oxygen atoms in total. The highest BCUT2D eigenvalue weighted by atomic mass is 16.5. The van der Waals surface area contributed by atoms with E-state index in [9.17, 15) is 20.1 Å². The van der Waals surface area contributed by atoms with Gasteiger partial charge in [-0.2, -0.15) is 0 Å². The van der Waals surface area contributed by atoms with Crippen molar-refractivity contribution in [3.05, 3.63) is 0 Å². The normalized spacial score (nSPS) is 16.0. The fraction of sp³-hybridized carbons (Fsp3) is 0.900. The number of carboxylic acids is 1. The van der Waals surface area contributed by atoms with E-state index in [0.717, 1.165) is 0 Å². The van der Waals surface area contributed by atoms with Gasteiger partial charge < -0.3 is 20.4 Å². The minimum atomic E-state index is -2.32. The Hall–Kier alpha value is -0.690. The molecule has 0 rings (SSSR count). The molecular formula is C10H22NO5+. The molecule has 0 heterocycles. The summed E-state index contributed by atoms with van der Waals surface area (Å²) in [6.45, 7) is 4.28. The maximum Gasteiger partial charge on any atom is 0.319 e. The van der Waals surface area contributed by atoms with Crippen LogP contribution in [0.25, 0.3) is 0 Å². The van der Waals surface area contributed by atoms with E-state index >= 15 is 0 Å². The van der Waals surface area contributed by atoms with Crippen molar-refractivity contribution in [1.82, 2.24) is 0 Å². The zero-order chi connectivity index (χ0) is 13.4. The molecule has 0 bridgehead atoms. The highest BCUT2D eigenvalue weighted by Crippen LogP contribution is 2.33. The minimum absolute atomic E-state index is 0.384. The zero-order valence-electron chi connectivity index (χ0n) is 10.4. The smallest absolute Gasteiger partial charge is 0.319 e. The van der Waals surface area contributed by atoms with Crippen molar-refractivity contribution in [2.75, 3.05) is 14.1 Å². The van der Waals surface area contributed by atoms with Gasteiger partial charge in [-0.3, -0.25) is 4.79 Å². The Bertz CT molecular complexity index is 267. The summed E-state index contributed by atoms with van der Waals surface area (Å²) < 4.78 is -0.533. The average molecular weight is 236 g/mol. The van der Waals surface area contributed by atoms with E-state index in [1.54, 1.807) is 0 Å². The summed E-state index contributed by atoms with van der Waals surface area (Å²) in [6, 6.07) is 0. The Morgan fingerprint density at radius 3 is 1.88 bits per heavy atom. The van der Waals surface area contributed by atoms with Crippen LogP contribution in [0.2, 0.25) is 0 Å². The summed E-state index contributed by atoms with van der Waals surface area (Å²) in [5.74, 6) is -4.35. The van der Waals surface area contributed by atoms with E-state index in [4.69, 9.17) is 5.11 Å². The van der Waals surface area contributed by atoms with Gasteiger partial charge in [0.1, 0.15) is 0 Å². The van der Waals surface area contributed by atoms with Crippen LogP contribution in [-0.2, 0) is 4.79 Å². The molecule has 0 spiro atoms. The number of carboxylic acid groups (broad SMARTS) is 1. The van der Waals surface area contributed by atoms with Gasteiger partial charge in [-0.25, -0.2) is 4.48 Å². The number of aliphatic hydroxyl groups is 3. The van der Waals surface area contributed by atoms with Crippen LogP contribution in [0.5, 0.6) is 0 Å². The van der Waals surface area contributed by atoms with Crippen molar-refractivity contribution in [2.24, 2.45) is 5.92 Å². The van der Waals surface area contributed by atoms with Crippen molar-refractivity contribution in [3.8, 4) is 0 Å². The van der Waals surface area contributed by atoms with Gasteiger partial charge in [0.2, 0.25) is 0 Å². The average Bonchev–Trinajstić information content (AvgIpc) is 2.00. The third kappa shape index (κ3) is 2.70. The van der Waals surface area contributed by atoms with Gasteiger partial charge in [-0.05, 0) is 0 Å². The molecule has 16 heavy (non-hydrogen) atoms. The predicted octanol–water partition coefficient (Wildman–Crippen LogP) is -0.460. The second-order valence-corrected chi connectivity index (χ2v) is 5.13. The number of rotatable bonds is 5. The molecule has 0 aliphatic carbocycles. The van der Waals surface area contributed by atoms with E-state index in [-0.39, 0.29) is 6.42 Å². The van der Waals surface area contributed by atoms with E-state index in [1.165, 1.54) is 34.9 Å². The number of nitrogens with zero attached hydrogens (tertiary/aromatic N) is 1. The Morgan fingerprint density at radius 2 is 1.62 bits per heavy atom. The quantitative estimate of drug-likeness (QED) is 0.382. The number of carbonyl (C=O) groups is 1. The number of aliphatic carboxylic acids is 1. The third-order valence-corrected chi connectivity index (χ3v) is 3.33. The monoisotopic (exact) mass is 236 g/mol. The molecule has 0 aromatic rings. The summed E-state index contributed by atoms with van der Waals surface area (Å²) in [5.41, 5.74) is -1.41. The lowest BCUT2D eigenvalue weighted by molar-refractivity contribution is -1.05. The molecule has 0 fully saturated rings. The molecule has 0 amide bonds. The van der Waals surface area contributed by atoms with Crippen molar-refractivity contribution >= 4 is 5.97 Å². The molecular weight excluding hydrogens is 214 g/mol. The zero-order valence-corrected chi connectivity index (χ0v) is 10.4. The fourth-order valence-corrected chi connectivity index (χ4v) is 1.35. The molecule has 96 valence electrons. The first kappa shape index (κ1) is 15.3. The Balaban J connectivity index is 5.11. The molecule has 0 aromatic carbocycles. The van der Waals surface area contributed by atoms with Crippen LogP contribution in [0.4, 0.5) is 0 Å². The van der Waals surface area contributed by atoms with E-state index in [0.29, 0.717) is 0 Å². The molecule has 0 radical (unpaired) electrons. The minimum Gasteiger partial charge on any atom is -0.481 e. The highest BCUT2D eigenvalue weighted by Gasteiger charge is 2.55. The van der Waals surface area contributed by atoms with E-state index in [1.807, 2.05) is 0 Å². The van der Waals surface area contributed by atoms with Gasteiger partial charge in [-0.1, -0.05) is 6.92 Å². The summed E-state index contributed by atoms with van der Waals surface area (Å²) in [5, 5.41) is 38.5. The lowest BCUT2D eigenvalue weighted by Gasteiger charge is -2.49. The lowest BCUT2D eigenvalue weighted by atomic mass is 9.98. The van der Waals surface area contributed by atoms with Gasteiger partial charge in [0.05, 0.1) is 26.4 Å². The molecule has 1 atom stereocenters. The summed E-state index contributed by atoms with van der Waals surface area (Å²) in [6.07, 6.45) is -0.384. The second kappa shape index (κ2) is 4.29. The molecule has 1 unspecified atom stereocenters. The number of hydrogen-bond donors (Lipinski definition) is 4. The van der Waals surface area contributed by atoms with Gasteiger partial charge in [0.15, 0.2) is 5.72 Å². The van der Waals surface area contributed by atoms with Crippen LogP contribution in [0.3, 0.4) is 0 Å². The van der Waals surface area contributed by atoms with Crippen LogP contribution in [0, 0.1) is 5.92 Å². The van der Waals surface area contributed by atoms with Crippen molar-refractivity contribution in [3.63, 3.8) is 0 Å². The second-order valence-electron chi connectivity index (χ2n) is 5.13. The van der Waals surface area contributed by atoms with Gasteiger partial charge in [0.25, 0.3) is 0 Å². The largest absolute Gasteiger partial charge is 0.481 e. The van der Waals surface area contributed by atoms with E-state index < -0.39 is 28.0 Å². The van der Waals surface area contributed by atoms with Crippen molar-refractivity contribution < 1.29 is 29.7 Å². The first-order chi connectivity index (χ1) is 6.84. The molecule has 0 saturated heterocycles. The number of quaternary nitrogens is 1. The van der Waals surface area contributed by atoms with Crippen molar-refractivity contribution in [2.45, 2.75) is 38.8 Å². The van der Waals surface area contributed by atoms with E-state index in [2.05, 4.69) is 0 Å². The molecule has 6 heteroatoms. The standard InChI is InChI=1S/C10H21NO5/c1-7(6-8(12)13)10(15,16)11(4,5)9(2,3)14/h7,14-16H,6H2,1-5H3/p+1. The molecule has 0 aliphatic heterocycles.